The molecule has 0 saturated carbocycles. The van der Waals surface area contributed by atoms with Crippen molar-refractivity contribution in [2.24, 2.45) is 5.14 Å². The minimum absolute atomic E-state index is 0.0876. The lowest BCUT2D eigenvalue weighted by Crippen LogP contribution is -2.10. The van der Waals surface area contributed by atoms with Gasteiger partial charge in [-0.3, -0.25) is 0 Å². The van der Waals surface area contributed by atoms with Crippen LogP contribution in [0.1, 0.15) is 16.1 Å². The molecule has 0 bridgehead atoms. The molecule has 24 heavy (non-hydrogen) atoms. The van der Waals surface area contributed by atoms with Crippen LogP contribution < -0.4 is 5.14 Å². The Balaban J connectivity index is 1.65. The van der Waals surface area contributed by atoms with Crippen LogP contribution in [0.5, 0.6) is 0 Å². The van der Waals surface area contributed by atoms with Crippen molar-refractivity contribution in [1.82, 2.24) is 5.16 Å². The summed E-state index contributed by atoms with van der Waals surface area (Å²) >= 11 is 0.860. The molecule has 0 aliphatic rings. The quantitative estimate of drug-likeness (QED) is 0.696. The van der Waals surface area contributed by atoms with Gasteiger partial charge < -0.3 is 9.26 Å². The summed E-state index contributed by atoms with van der Waals surface area (Å²) in [6.07, 6.45) is 0. The van der Waals surface area contributed by atoms with Crippen molar-refractivity contribution >= 4 is 27.3 Å². The molecule has 0 saturated heterocycles. The van der Waals surface area contributed by atoms with E-state index in [1.165, 1.54) is 11.4 Å². The first-order chi connectivity index (χ1) is 11.4. The summed E-state index contributed by atoms with van der Waals surface area (Å²) in [5.41, 5.74) is 1.43. The van der Waals surface area contributed by atoms with Crippen molar-refractivity contribution in [3.05, 3.63) is 59.1 Å². The molecular weight excluding hydrogens is 352 g/mol. The minimum Gasteiger partial charge on any atom is -0.455 e. The maximum Gasteiger partial charge on any atom is 0.339 e. The van der Waals surface area contributed by atoms with Gasteiger partial charge in [-0.25, -0.2) is 18.4 Å². The van der Waals surface area contributed by atoms with Crippen LogP contribution in [-0.2, 0) is 21.4 Å². The lowest BCUT2D eigenvalue weighted by Gasteiger charge is -1.99. The largest absolute Gasteiger partial charge is 0.455 e. The number of primary sulfonamides is 1. The molecule has 0 unspecified atom stereocenters. The number of carbonyl (C=O) groups excluding carboxylic acids is 1. The van der Waals surface area contributed by atoms with Crippen LogP contribution in [0.2, 0.25) is 0 Å². The van der Waals surface area contributed by atoms with Crippen LogP contribution in [0, 0.1) is 0 Å². The van der Waals surface area contributed by atoms with Crippen LogP contribution in [0.3, 0.4) is 0 Å². The second-order valence-electron chi connectivity index (χ2n) is 4.82. The Bertz CT molecular complexity index is 961. The lowest BCUT2D eigenvalue weighted by atomic mass is 10.2. The number of hydrogen-bond acceptors (Lipinski definition) is 7. The molecule has 2 N–H and O–H groups in total. The average Bonchev–Trinajstić information content (AvgIpc) is 3.22. The molecule has 0 fully saturated rings. The van der Waals surface area contributed by atoms with Crippen LogP contribution in [-0.4, -0.2) is 19.5 Å². The molecule has 0 aliphatic carbocycles. The van der Waals surface area contributed by atoms with E-state index >= 15 is 0 Å². The molecule has 0 spiro atoms. The smallest absolute Gasteiger partial charge is 0.339 e. The second-order valence-corrected chi connectivity index (χ2v) is 7.52. The molecule has 9 heteroatoms. The summed E-state index contributed by atoms with van der Waals surface area (Å²) in [4.78, 5) is 11.9. The number of nitrogens with two attached hydrogens (primary N) is 1. The molecule has 0 radical (unpaired) electrons. The molecule has 3 rings (SSSR count). The summed E-state index contributed by atoms with van der Waals surface area (Å²) in [5.74, 6) is -0.0981. The molecule has 124 valence electrons. The van der Waals surface area contributed by atoms with Crippen molar-refractivity contribution in [1.29, 1.82) is 0 Å². The minimum atomic E-state index is -3.83. The Morgan fingerprint density at radius 3 is 2.67 bits per heavy atom. The number of esters is 1. The van der Waals surface area contributed by atoms with Gasteiger partial charge in [0.1, 0.15) is 16.5 Å². The first kappa shape index (κ1) is 16.4. The van der Waals surface area contributed by atoms with Crippen LogP contribution >= 0.6 is 11.3 Å². The first-order valence-corrected chi connectivity index (χ1v) is 9.15. The van der Waals surface area contributed by atoms with E-state index < -0.39 is 16.0 Å². The molecule has 0 atom stereocenters. The van der Waals surface area contributed by atoms with E-state index in [0.29, 0.717) is 11.5 Å². The Labute approximate surface area is 141 Å². The van der Waals surface area contributed by atoms with Crippen molar-refractivity contribution in [2.45, 2.75) is 10.8 Å². The van der Waals surface area contributed by atoms with Gasteiger partial charge in [-0.2, -0.15) is 0 Å². The summed E-state index contributed by atoms with van der Waals surface area (Å²) in [7, 11) is -3.83. The van der Waals surface area contributed by atoms with E-state index in [1.807, 2.05) is 30.3 Å². The van der Waals surface area contributed by atoms with Gasteiger partial charge in [0.05, 0.1) is 5.56 Å². The highest BCUT2D eigenvalue weighted by molar-refractivity contribution is 7.91. The Morgan fingerprint density at radius 1 is 1.25 bits per heavy atom. The fourth-order valence-electron chi connectivity index (χ4n) is 1.91. The zero-order chi connectivity index (χ0) is 17.2. The van der Waals surface area contributed by atoms with E-state index in [1.54, 1.807) is 6.07 Å². The number of benzene rings is 1. The highest BCUT2D eigenvalue weighted by Crippen LogP contribution is 2.22. The lowest BCUT2D eigenvalue weighted by molar-refractivity contribution is 0.0465. The van der Waals surface area contributed by atoms with Gasteiger partial charge in [-0.05, 0) is 6.07 Å². The monoisotopic (exact) mass is 364 g/mol. The number of hydrogen-bond donors (Lipinski definition) is 1. The fraction of sp³-hybridized carbons (Fsp3) is 0.0667. The number of thiophene rings is 1. The maximum atomic E-state index is 11.9. The molecule has 3 aromatic rings. The summed E-state index contributed by atoms with van der Waals surface area (Å²) in [6, 6.07) is 12.2. The third kappa shape index (κ3) is 3.70. The molecule has 7 nitrogen and oxygen atoms in total. The van der Waals surface area contributed by atoms with Gasteiger partial charge in [0.2, 0.25) is 10.0 Å². The van der Waals surface area contributed by atoms with E-state index in [2.05, 4.69) is 5.16 Å². The number of rotatable bonds is 5. The SMILES string of the molecule is NS(=O)(=O)c1cc(C(=O)OCc2cc(-c3ccccc3)on2)cs1. The van der Waals surface area contributed by atoms with Gasteiger partial charge in [-0.15, -0.1) is 11.3 Å². The van der Waals surface area contributed by atoms with Crippen molar-refractivity contribution in [3.63, 3.8) is 0 Å². The third-order valence-corrected chi connectivity index (χ3v) is 5.45. The third-order valence-electron chi connectivity index (χ3n) is 3.06. The number of aromatic nitrogens is 1. The van der Waals surface area contributed by atoms with Gasteiger partial charge in [0.25, 0.3) is 0 Å². The molecular formula is C15H12N2O5S2. The number of nitrogens with zero attached hydrogens (tertiary/aromatic N) is 1. The summed E-state index contributed by atoms with van der Waals surface area (Å²) in [5, 5.41) is 10.2. The first-order valence-electron chi connectivity index (χ1n) is 6.73. The maximum absolute atomic E-state index is 11.9. The van der Waals surface area contributed by atoms with Crippen LogP contribution in [0.4, 0.5) is 0 Å². The summed E-state index contributed by atoms with van der Waals surface area (Å²) < 4.78 is 32.6. The zero-order valence-corrected chi connectivity index (χ0v) is 13.8. The zero-order valence-electron chi connectivity index (χ0n) is 12.2. The molecule has 0 aliphatic heterocycles. The van der Waals surface area contributed by atoms with Gasteiger partial charge in [0.15, 0.2) is 5.76 Å². The Hall–Kier alpha value is -2.49. The van der Waals surface area contributed by atoms with E-state index in [4.69, 9.17) is 14.4 Å². The van der Waals surface area contributed by atoms with Gasteiger partial charge in [0, 0.05) is 17.0 Å². The predicted octanol–water partition coefficient (Wildman–Crippen LogP) is 2.41. The van der Waals surface area contributed by atoms with Gasteiger partial charge >= 0.3 is 5.97 Å². The van der Waals surface area contributed by atoms with Crippen molar-refractivity contribution in [2.75, 3.05) is 0 Å². The van der Waals surface area contributed by atoms with E-state index in [9.17, 15) is 13.2 Å². The van der Waals surface area contributed by atoms with Crippen LogP contribution in [0.15, 0.2) is 56.6 Å². The highest BCUT2D eigenvalue weighted by Gasteiger charge is 2.17. The molecule has 1 aromatic carbocycles. The Kier molecular flexibility index (Phi) is 4.47. The second kappa shape index (κ2) is 6.56. The Morgan fingerprint density at radius 2 is 2.00 bits per heavy atom. The van der Waals surface area contributed by atoms with E-state index in [-0.39, 0.29) is 16.4 Å². The van der Waals surface area contributed by atoms with Crippen molar-refractivity contribution in [3.8, 4) is 11.3 Å². The number of sulfonamides is 1. The average molecular weight is 364 g/mol. The number of ether oxygens (including phenoxy) is 1. The van der Waals surface area contributed by atoms with E-state index in [0.717, 1.165) is 16.9 Å². The fourth-order valence-corrected chi connectivity index (χ4v) is 3.49. The highest BCUT2D eigenvalue weighted by atomic mass is 32.2. The molecule has 0 amide bonds. The van der Waals surface area contributed by atoms with Crippen molar-refractivity contribution < 1.29 is 22.5 Å². The summed E-state index contributed by atoms with van der Waals surface area (Å²) in [6.45, 7) is -0.0876. The number of carbonyl (C=O) groups is 1. The predicted molar refractivity (Wildman–Crippen MR) is 86.8 cm³/mol. The standard InChI is InChI=1S/C15H12N2O5S2/c16-24(19,20)14-6-11(9-23-14)15(18)21-8-12-7-13(22-17-12)10-4-2-1-3-5-10/h1-7,9H,8H2,(H2,16,19,20). The molecule has 2 aromatic heterocycles. The normalized spacial score (nSPS) is 11.4. The topological polar surface area (TPSA) is 112 Å². The van der Waals surface area contributed by atoms with Gasteiger partial charge in [-0.1, -0.05) is 35.5 Å². The van der Waals surface area contributed by atoms with Crippen LogP contribution in [0.25, 0.3) is 11.3 Å². The molecule has 2 heterocycles.